The molecule has 3 unspecified atom stereocenters. The van der Waals surface area contributed by atoms with E-state index in [2.05, 4.69) is 17.6 Å². The molecule has 0 aromatic heterocycles. The van der Waals surface area contributed by atoms with Crippen LogP contribution in [0.3, 0.4) is 0 Å². The molecule has 0 bridgehead atoms. The zero-order chi connectivity index (χ0) is 14.5. The number of nitrogens with one attached hydrogen (secondary N) is 2. The van der Waals surface area contributed by atoms with Gasteiger partial charge in [0, 0.05) is 18.1 Å². The average molecular weight is 293 g/mol. The molecule has 2 heteroatoms. The van der Waals surface area contributed by atoms with Gasteiger partial charge in [-0.15, -0.1) is 0 Å². The van der Waals surface area contributed by atoms with E-state index in [1.54, 1.807) is 0 Å². The third-order valence-corrected chi connectivity index (χ3v) is 6.52. The van der Waals surface area contributed by atoms with Crippen LogP contribution in [-0.4, -0.2) is 24.7 Å². The summed E-state index contributed by atoms with van der Waals surface area (Å²) in [4.78, 5) is 0. The van der Waals surface area contributed by atoms with E-state index in [0.717, 1.165) is 30.0 Å². The van der Waals surface area contributed by atoms with Gasteiger partial charge in [-0.25, -0.2) is 0 Å². The molecule has 2 saturated carbocycles. The molecular formula is C19H36N2. The Morgan fingerprint density at radius 1 is 0.810 bits per heavy atom. The fourth-order valence-corrected chi connectivity index (χ4v) is 5.21. The largest absolute Gasteiger partial charge is 0.314 e. The molecule has 2 nitrogen and oxygen atoms in total. The first-order chi connectivity index (χ1) is 10.3. The van der Waals surface area contributed by atoms with Crippen LogP contribution in [0.2, 0.25) is 0 Å². The fourth-order valence-electron chi connectivity index (χ4n) is 5.21. The number of hydrogen-bond acceptors (Lipinski definition) is 2. The Labute approximate surface area is 131 Å². The smallest absolute Gasteiger partial charge is 0.0113 e. The molecule has 1 aliphatic heterocycles. The molecule has 0 spiro atoms. The van der Waals surface area contributed by atoms with Crippen molar-refractivity contribution in [2.75, 3.05) is 6.54 Å². The summed E-state index contributed by atoms with van der Waals surface area (Å²) < 4.78 is 0. The van der Waals surface area contributed by atoms with Crippen LogP contribution in [0.15, 0.2) is 0 Å². The molecule has 0 aromatic carbocycles. The zero-order valence-corrected chi connectivity index (χ0v) is 14.1. The molecule has 122 valence electrons. The van der Waals surface area contributed by atoms with Crippen LogP contribution in [0.25, 0.3) is 0 Å². The summed E-state index contributed by atoms with van der Waals surface area (Å²) in [6.45, 7) is 3.73. The molecular weight excluding hydrogens is 256 g/mol. The van der Waals surface area contributed by atoms with E-state index in [-0.39, 0.29) is 0 Å². The van der Waals surface area contributed by atoms with Gasteiger partial charge in [0.1, 0.15) is 0 Å². The molecule has 3 aliphatic rings. The van der Waals surface area contributed by atoms with Crippen molar-refractivity contribution in [3.05, 3.63) is 0 Å². The quantitative estimate of drug-likeness (QED) is 0.757. The van der Waals surface area contributed by atoms with Crippen molar-refractivity contribution in [2.24, 2.45) is 11.8 Å². The van der Waals surface area contributed by atoms with E-state index in [1.807, 2.05) is 0 Å². The van der Waals surface area contributed by atoms with E-state index in [1.165, 1.54) is 83.6 Å². The van der Waals surface area contributed by atoms with Gasteiger partial charge < -0.3 is 10.6 Å². The second-order valence-corrected chi connectivity index (χ2v) is 7.96. The summed E-state index contributed by atoms with van der Waals surface area (Å²) in [6.07, 6.45) is 17.4. The van der Waals surface area contributed by atoms with Gasteiger partial charge in [-0.3, -0.25) is 0 Å². The van der Waals surface area contributed by atoms with Crippen molar-refractivity contribution in [2.45, 2.75) is 102 Å². The first-order valence-corrected chi connectivity index (χ1v) is 9.84. The number of piperidine rings is 1. The lowest BCUT2D eigenvalue weighted by atomic mass is 9.86. The Balaban J connectivity index is 1.52. The topological polar surface area (TPSA) is 24.1 Å². The molecule has 4 atom stereocenters. The Morgan fingerprint density at radius 3 is 2.29 bits per heavy atom. The third-order valence-electron chi connectivity index (χ3n) is 6.52. The van der Waals surface area contributed by atoms with Gasteiger partial charge in [0.25, 0.3) is 0 Å². The first-order valence-electron chi connectivity index (χ1n) is 9.84. The molecule has 2 aliphatic carbocycles. The SMILES string of the molecule is C[C@@H](NC1CCCC1C1CCCCN1)C1CCCCCC1. The van der Waals surface area contributed by atoms with Gasteiger partial charge in [0.05, 0.1) is 0 Å². The number of rotatable bonds is 4. The summed E-state index contributed by atoms with van der Waals surface area (Å²) in [5.74, 6) is 1.84. The Kier molecular flexibility index (Phi) is 5.99. The molecule has 1 heterocycles. The average Bonchev–Trinajstić information content (AvgIpc) is 2.81. The lowest BCUT2D eigenvalue weighted by Gasteiger charge is -2.36. The van der Waals surface area contributed by atoms with Gasteiger partial charge >= 0.3 is 0 Å². The number of hydrogen-bond donors (Lipinski definition) is 2. The maximum atomic E-state index is 4.08. The molecule has 2 N–H and O–H groups in total. The zero-order valence-electron chi connectivity index (χ0n) is 14.1. The van der Waals surface area contributed by atoms with E-state index >= 15 is 0 Å². The highest BCUT2D eigenvalue weighted by Gasteiger charge is 2.35. The molecule has 3 fully saturated rings. The van der Waals surface area contributed by atoms with E-state index in [9.17, 15) is 0 Å². The van der Waals surface area contributed by atoms with E-state index < -0.39 is 0 Å². The summed E-state index contributed by atoms with van der Waals surface area (Å²) in [6, 6.07) is 2.33. The minimum absolute atomic E-state index is 0.734. The molecule has 0 aromatic rings. The Bertz CT molecular complexity index is 290. The lowest BCUT2D eigenvalue weighted by molar-refractivity contribution is 0.225. The Hall–Kier alpha value is -0.0800. The van der Waals surface area contributed by atoms with Gasteiger partial charge in [-0.1, -0.05) is 38.5 Å². The van der Waals surface area contributed by atoms with Crippen LogP contribution >= 0.6 is 0 Å². The highest BCUT2D eigenvalue weighted by molar-refractivity contribution is 4.94. The van der Waals surface area contributed by atoms with Crippen molar-refractivity contribution in [1.82, 2.24) is 10.6 Å². The van der Waals surface area contributed by atoms with Crippen molar-refractivity contribution in [1.29, 1.82) is 0 Å². The second-order valence-electron chi connectivity index (χ2n) is 7.96. The molecule has 21 heavy (non-hydrogen) atoms. The van der Waals surface area contributed by atoms with E-state index in [4.69, 9.17) is 0 Å². The predicted molar refractivity (Wildman–Crippen MR) is 90.6 cm³/mol. The Morgan fingerprint density at radius 2 is 1.57 bits per heavy atom. The third kappa shape index (κ3) is 4.22. The van der Waals surface area contributed by atoms with Crippen molar-refractivity contribution >= 4 is 0 Å². The minimum atomic E-state index is 0.734. The van der Waals surface area contributed by atoms with Gasteiger partial charge in [0.2, 0.25) is 0 Å². The van der Waals surface area contributed by atoms with Crippen LogP contribution in [0, 0.1) is 11.8 Å². The van der Waals surface area contributed by atoms with Crippen molar-refractivity contribution < 1.29 is 0 Å². The lowest BCUT2D eigenvalue weighted by Crippen LogP contribution is -2.50. The van der Waals surface area contributed by atoms with Crippen LogP contribution in [0.5, 0.6) is 0 Å². The van der Waals surface area contributed by atoms with Gasteiger partial charge in [-0.05, 0) is 63.8 Å². The highest BCUT2D eigenvalue weighted by atomic mass is 15.0. The van der Waals surface area contributed by atoms with Crippen LogP contribution in [-0.2, 0) is 0 Å². The molecule has 1 saturated heterocycles. The van der Waals surface area contributed by atoms with Crippen LogP contribution < -0.4 is 10.6 Å². The standard InChI is InChI=1S/C19H36N2/c1-15(16-9-4-2-3-5-10-16)21-19-13-8-11-17(19)18-12-6-7-14-20-18/h15-21H,2-14H2,1H3/t15-,17?,18?,19?/m1/s1. The molecule has 3 rings (SSSR count). The van der Waals surface area contributed by atoms with Crippen molar-refractivity contribution in [3.63, 3.8) is 0 Å². The first kappa shape index (κ1) is 15.8. The van der Waals surface area contributed by atoms with E-state index in [0.29, 0.717) is 0 Å². The van der Waals surface area contributed by atoms with Gasteiger partial charge in [0.15, 0.2) is 0 Å². The van der Waals surface area contributed by atoms with Crippen LogP contribution in [0.4, 0.5) is 0 Å². The van der Waals surface area contributed by atoms with Crippen LogP contribution in [0.1, 0.15) is 84.0 Å². The maximum absolute atomic E-state index is 4.08. The van der Waals surface area contributed by atoms with Crippen molar-refractivity contribution in [3.8, 4) is 0 Å². The molecule has 0 amide bonds. The summed E-state index contributed by atoms with van der Waals surface area (Å²) in [7, 11) is 0. The van der Waals surface area contributed by atoms with Gasteiger partial charge in [-0.2, -0.15) is 0 Å². The predicted octanol–water partition coefficient (Wildman–Crippen LogP) is 4.25. The second kappa shape index (κ2) is 7.97. The minimum Gasteiger partial charge on any atom is -0.314 e. The summed E-state index contributed by atoms with van der Waals surface area (Å²) in [5.41, 5.74) is 0. The normalized spacial score (nSPS) is 37.3. The maximum Gasteiger partial charge on any atom is 0.0113 e. The fraction of sp³-hybridized carbons (Fsp3) is 1.00. The highest BCUT2D eigenvalue weighted by Crippen LogP contribution is 2.33. The molecule has 0 radical (unpaired) electrons. The summed E-state index contributed by atoms with van der Waals surface area (Å²) in [5, 5.41) is 7.90. The summed E-state index contributed by atoms with van der Waals surface area (Å²) >= 11 is 0. The monoisotopic (exact) mass is 292 g/mol.